The van der Waals surface area contributed by atoms with Crippen LogP contribution in [-0.2, 0) is 16.1 Å². The van der Waals surface area contributed by atoms with Crippen LogP contribution in [0, 0.1) is 6.92 Å². The largest absolute Gasteiger partial charge is 0.461 e. The lowest BCUT2D eigenvalue weighted by Gasteiger charge is -2.14. The van der Waals surface area contributed by atoms with Gasteiger partial charge < -0.3 is 9.15 Å². The molecule has 7 nitrogen and oxygen atoms in total. The second kappa shape index (κ2) is 9.02. The zero-order chi connectivity index (χ0) is 23.7. The second-order valence-electron chi connectivity index (χ2n) is 8.52. The van der Waals surface area contributed by atoms with Gasteiger partial charge >= 0.3 is 11.6 Å². The van der Waals surface area contributed by atoms with Crippen molar-refractivity contribution in [3.63, 3.8) is 0 Å². The average molecular weight is 447 g/mol. The summed E-state index contributed by atoms with van der Waals surface area (Å²) in [5, 5.41) is 0.739. The number of imide groups is 1. The Bertz CT molecular complexity index is 1290. The Morgan fingerprint density at radius 1 is 1.03 bits per heavy atom. The Kier molecular flexibility index (Phi) is 6.14. The molecule has 2 heterocycles. The van der Waals surface area contributed by atoms with Gasteiger partial charge in [-0.3, -0.25) is 19.3 Å². The van der Waals surface area contributed by atoms with Crippen molar-refractivity contribution < 1.29 is 23.5 Å². The molecular formula is C26H25NO6. The molecule has 0 unspecified atom stereocenters. The predicted molar refractivity (Wildman–Crippen MR) is 122 cm³/mol. The van der Waals surface area contributed by atoms with Gasteiger partial charge in [0, 0.05) is 30.0 Å². The summed E-state index contributed by atoms with van der Waals surface area (Å²) in [5.41, 5.74) is 3.47. The SMILES string of the molecule is Cc1cc2oc(=O)cc(COC(=O)CCCN3C(=O)c4ccccc4C3=O)c2cc1C(C)C. The summed E-state index contributed by atoms with van der Waals surface area (Å²) >= 11 is 0. The molecule has 1 aliphatic heterocycles. The van der Waals surface area contributed by atoms with Crippen LogP contribution in [0.25, 0.3) is 11.0 Å². The minimum Gasteiger partial charge on any atom is -0.461 e. The van der Waals surface area contributed by atoms with E-state index in [0.29, 0.717) is 34.6 Å². The summed E-state index contributed by atoms with van der Waals surface area (Å²) in [5.74, 6) is -0.867. The van der Waals surface area contributed by atoms with Crippen LogP contribution in [0.2, 0.25) is 0 Å². The smallest absolute Gasteiger partial charge is 0.336 e. The number of amides is 2. The molecule has 0 aliphatic carbocycles. The molecule has 0 saturated heterocycles. The number of rotatable bonds is 7. The first kappa shape index (κ1) is 22.5. The van der Waals surface area contributed by atoms with Gasteiger partial charge in [-0.1, -0.05) is 26.0 Å². The van der Waals surface area contributed by atoms with Crippen molar-refractivity contribution in [2.75, 3.05) is 6.54 Å². The van der Waals surface area contributed by atoms with Crippen LogP contribution in [0.4, 0.5) is 0 Å². The van der Waals surface area contributed by atoms with Crippen LogP contribution in [0.15, 0.2) is 51.7 Å². The normalized spacial score (nSPS) is 13.2. The fourth-order valence-corrected chi connectivity index (χ4v) is 4.19. The molecule has 0 bridgehead atoms. The van der Waals surface area contributed by atoms with Gasteiger partial charge in [-0.25, -0.2) is 4.79 Å². The third-order valence-corrected chi connectivity index (χ3v) is 5.87. The highest BCUT2D eigenvalue weighted by Crippen LogP contribution is 2.27. The van der Waals surface area contributed by atoms with Crippen molar-refractivity contribution in [1.29, 1.82) is 0 Å². The first-order chi connectivity index (χ1) is 15.8. The van der Waals surface area contributed by atoms with Crippen LogP contribution in [0.5, 0.6) is 0 Å². The fraction of sp³-hybridized carbons (Fsp3) is 0.308. The van der Waals surface area contributed by atoms with Gasteiger partial charge in [-0.05, 0) is 54.7 Å². The first-order valence-corrected chi connectivity index (χ1v) is 10.9. The number of benzene rings is 2. The summed E-state index contributed by atoms with van der Waals surface area (Å²) in [6.45, 7) is 6.21. The van der Waals surface area contributed by atoms with E-state index in [0.717, 1.165) is 21.4 Å². The zero-order valence-corrected chi connectivity index (χ0v) is 18.8. The quantitative estimate of drug-likeness (QED) is 0.304. The highest BCUT2D eigenvalue weighted by Gasteiger charge is 2.34. The molecule has 0 N–H and O–H groups in total. The lowest BCUT2D eigenvalue weighted by Crippen LogP contribution is -2.31. The van der Waals surface area contributed by atoms with E-state index in [1.165, 1.54) is 6.07 Å². The fourth-order valence-electron chi connectivity index (χ4n) is 4.19. The van der Waals surface area contributed by atoms with Crippen LogP contribution < -0.4 is 5.63 Å². The minimum absolute atomic E-state index is 0.0448. The molecule has 7 heteroatoms. The van der Waals surface area contributed by atoms with Crippen molar-refractivity contribution >= 4 is 28.8 Å². The van der Waals surface area contributed by atoms with E-state index in [-0.39, 0.29) is 31.4 Å². The van der Waals surface area contributed by atoms with Gasteiger partial charge in [0.1, 0.15) is 12.2 Å². The predicted octanol–water partition coefficient (Wildman–Crippen LogP) is 4.34. The molecule has 0 atom stereocenters. The van der Waals surface area contributed by atoms with E-state index in [1.807, 2.05) is 19.1 Å². The van der Waals surface area contributed by atoms with Crippen LogP contribution in [0.3, 0.4) is 0 Å². The number of hydrogen-bond donors (Lipinski definition) is 0. The maximum absolute atomic E-state index is 12.4. The van der Waals surface area contributed by atoms with Gasteiger partial charge in [-0.2, -0.15) is 0 Å². The topological polar surface area (TPSA) is 93.9 Å². The van der Waals surface area contributed by atoms with E-state index < -0.39 is 11.6 Å². The summed E-state index contributed by atoms with van der Waals surface area (Å²) in [6, 6.07) is 11.8. The molecule has 2 aromatic carbocycles. The van der Waals surface area contributed by atoms with Crippen molar-refractivity contribution in [1.82, 2.24) is 4.90 Å². The monoisotopic (exact) mass is 447 g/mol. The van der Waals surface area contributed by atoms with E-state index >= 15 is 0 Å². The molecule has 0 fully saturated rings. The maximum Gasteiger partial charge on any atom is 0.336 e. The number of esters is 1. The van der Waals surface area contributed by atoms with Crippen LogP contribution in [0.1, 0.15) is 70.0 Å². The second-order valence-corrected chi connectivity index (χ2v) is 8.52. The van der Waals surface area contributed by atoms with Gasteiger partial charge in [0.15, 0.2) is 0 Å². The first-order valence-electron chi connectivity index (χ1n) is 10.9. The summed E-state index contributed by atoms with van der Waals surface area (Å²) in [4.78, 5) is 50.2. The lowest BCUT2D eigenvalue weighted by molar-refractivity contribution is -0.145. The Balaban J connectivity index is 1.38. The van der Waals surface area contributed by atoms with Gasteiger partial charge in [0.2, 0.25) is 0 Å². The Morgan fingerprint density at radius 2 is 1.70 bits per heavy atom. The number of fused-ring (bicyclic) bond motifs is 2. The van der Waals surface area contributed by atoms with Gasteiger partial charge in [0.05, 0.1) is 11.1 Å². The third-order valence-electron chi connectivity index (χ3n) is 5.87. The highest BCUT2D eigenvalue weighted by molar-refractivity contribution is 6.21. The molecule has 3 aromatic rings. The molecule has 0 saturated carbocycles. The van der Waals surface area contributed by atoms with E-state index in [2.05, 4.69) is 13.8 Å². The van der Waals surface area contributed by atoms with Crippen molar-refractivity contribution in [3.05, 3.63) is 80.7 Å². The number of nitrogens with zero attached hydrogens (tertiary/aromatic N) is 1. The molecule has 1 aromatic heterocycles. The molecular weight excluding hydrogens is 422 g/mol. The molecule has 0 radical (unpaired) electrons. The summed E-state index contributed by atoms with van der Waals surface area (Å²) in [7, 11) is 0. The number of aryl methyl sites for hydroxylation is 1. The average Bonchev–Trinajstić information content (AvgIpc) is 3.01. The van der Waals surface area contributed by atoms with Crippen molar-refractivity contribution in [2.24, 2.45) is 0 Å². The molecule has 0 spiro atoms. The standard InChI is InChI=1S/C26H25NO6/c1-15(2)20-13-21-17(12-24(29)33-22(21)11-16(20)3)14-32-23(28)9-6-10-27-25(30)18-7-4-5-8-19(18)26(27)31/h4-5,7-8,11-13,15H,6,9-10,14H2,1-3H3. The number of ether oxygens (including phenoxy) is 1. The van der Waals surface area contributed by atoms with Crippen LogP contribution in [-0.4, -0.2) is 29.2 Å². The number of hydrogen-bond acceptors (Lipinski definition) is 6. The lowest BCUT2D eigenvalue weighted by atomic mass is 9.95. The van der Waals surface area contributed by atoms with Gasteiger partial charge in [0.25, 0.3) is 11.8 Å². The molecule has 2 amide bonds. The zero-order valence-electron chi connectivity index (χ0n) is 18.8. The highest BCUT2D eigenvalue weighted by atomic mass is 16.5. The number of carbonyl (C=O) groups excluding carboxylic acids is 3. The maximum atomic E-state index is 12.4. The molecule has 170 valence electrons. The molecule has 33 heavy (non-hydrogen) atoms. The molecule has 1 aliphatic rings. The molecule has 4 rings (SSSR count). The Labute approximate surface area is 191 Å². The minimum atomic E-state index is -0.504. The summed E-state index contributed by atoms with van der Waals surface area (Å²) in [6.07, 6.45) is 0.335. The van der Waals surface area contributed by atoms with Gasteiger partial charge in [-0.15, -0.1) is 0 Å². The van der Waals surface area contributed by atoms with E-state index in [9.17, 15) is 19.2 Å². The van der Waals surface area contributed by atoms with E-state index in [4.69, 9.17) is 9.15 Å². The van der Waals surface area contributed by atoms with Crippen molar-refractivity contribution in [3.8, 4) is 0 Å². The Morgan fingerprint density at radius 3 is 2.33 bits per heavy atom. The Hall–Kier alpha value is -3.74. The van der Waals surface area contributed by atoms with E-state index in [1.54, 1.807) is 24.3 Å². The number of carbonyl (C=O) groups is 3. The summed E-state index contributed by atoms with van der Waals surface area (Å²) < 4.78 is 10.7. The third kappa shape index (κ3) is 4.44. The van der Waals surface area contributed by atoms with Crippen LogP contribution >= 0.6 is 0 Å². The van der Waals surface area contributed by atoms with Crippen molar-refractivity contribution in [2.45, 2.75) is 46.1 Å².